The Hall–Kier alpha value is -3.43. The Balaban J connectivity index is 1.55. The van der Waals surface area contributed by atoms with E-state index in [2.05, 4.69) is 20.9 Å². The maximum absolute atomic E-state index is 13.5. The number of ether oxygens (including phenoxy) is 2. The molecule has 0 aliphatic carbocycles. The molecule has 1 aliphatic heterocycles. The number of likely N-dealkylation sites (N-methyl/N-ethyl adjacent to an activating group) is 1. The lowest BCUT2D eigenvalue weighted by Gasteiger charge is -2.10. The molecule has 1 fully saturated rings. The molecule has 0 radical (unpaired) electrons. The van der Waals surface area contributed by atoms with E-state index in [1.54, 1.807) is 62.5 Å². The first-order valence-electron chi connectivity index (χ1n) is 11.0. The number of amides is 1. The van der Waals surface area contributed by atoms with Crippen molar-refractivity contribution in [3.8, 4) is 5.75 Å². The fourth-order valence-corrected chi connectivity index (χ4v) is 4.70. The number of esters is 1. The normalized spacial score (nSPS) is 15.6. The van der Waals surface area contributed by atoms with E-state index in [1.807, 2.05) is 12.1 Å². The number of carbonyl (C=O) groups is 2. The number of halogens is 2. The van der Waals surface area contributed by atoms with Gasteiger partial charge in [0.1, 0.15) is 18.2 Å². The third-order valence-corrected chi connectivity index (χ3v) is 6.70. The summed E-state index contributed by atoms with van der Waals surface area (Å²) in [4.78, 5) is 31.3. The number of hydrogen-bond acceptors (Lipinski definition) is 6. The van der Waals surface area contributed by atoms with Crippen LogP contribution >= 0.6 is 27.7 Å². The quantitative estimate of drug-likeness (QED) is 0.238. The fourth-order valence-electron chi connectivity index (χ4n) is 3.34. The van der Waals surface area contributed by atoms with Crippen molar-refractivity contribution in [1.82, 2.24) is 4.90 Å². The number of rotatable bonds is 7. The third-order valence-electron chi connectivity index (χ3n) is 5.15. The highest BCUT2D eigenvalue weighted by atomic mass is 79.9. The maximum atomic E-state index is 13.5. The van der Waals surface area contributed by atoms with Crippen molar-refractivity contribution in [1.29, 1.82) is 0 Å². The Bertz CT molecular complexity index is 1360. The van der Waals surface area contributed by atoms with E-state index in [9.17, 15) is 14.0 Å². The van der Waals surface area contributed by atoms with Gasteiger partial charge in [0.15, 0.2) is 5.17 Å². The highest BCUT2D eigenvalue weighted by molar-refractivity contribution is 9.10. The van der Waals surface area contributed by atoms with Crippen LogP contribution in [0.15, 0.2) is 81.1 Å². The van der Waals surface area contributed by atoms with Crippen LogP contribution in [0, 0.1) is 5.82 Å². The SMILES string of the molecule is CCOC(=O)c1ccc(N=C2SC(=Cc3cc(Br)ccc3OCc3cccc(F)c3)C(=O)N2C)cc1. The molecule has 0 unspecified atom stereocenters. The van der Waals surface area contributed by atoms with Gasteiger partial charge in [-0.25, -0.2) is 14.2 Å². The zero-order valence-electron chi connectivity index (χ0n) is 19.5. The van der Waals surface area contributed by atoms with Crippen molar-refractivity contribution in [2.45, 2.75) is 13.5 Å². The van der Waals surface area contributed by atoms with E-state index in [4.69, 9.17) is 9.47 Å². The highest BCUT2D eigenvalue weighted by Crippen LogP contribution is 2.35. The van der Waals surface area contributed by atoms with Crippen LogP contribution < -0.4 is 4.74 Å². The van der Waals surface area contributed by atoms with Crippen LogP contribution in [0.1, 0.15) is 28.4 Å². The summed E-state index contributed by atoms with van der Waals surface area (Å²) in [7, 11) is 1.66. The van der Waals surface area contributed by atoms with Crippen LogP contribution in [-0.2, 0) is 16.1 Å². The second-order valence-corrected chi connectivity index (χ2v) is 9.66. The molecule has 0 saturated carbocycles. The van der Waals surface area contributed by atoms with Crippen LogP contribution in [0.25, 0.3) is 6.08 Å². The highest BCUT2D eigenvalue weighted by Gasteiger charge is 2.30. The van der Waals surface area contributed by atoms with Crippen LogP contribution in [0.4, 0.5) is 10.1 Å². The number of nitrogens with zero attached hydrogens (tertiary/aromatic N) is 2. The summed E-state index contributed by atoms with van der Waals surface area (Å²) in [5.41, 5.74) is 2.44. The Kier molecular flexibility index (Phi) is 8.22. The second kappa shape index (κ2) is 11.5. The van der Waals surface area contributed by atoms with Gasteiger partial charge < -0.3 is 9.47 Å². The van der Waals surface area contributed by atoms with Crippen molar-refractivity contribution in [2.24, 2.45) is 4.99 Å². The fraction of sp³-hybridized carbons (Fsp3) is 0.148. The summed E-state index contributed by atoms with van der Waals surface area (Å²) in [5, 5.41) is 0.507. The van der Waals surface area contributed by atoms with Crippen molar-refractivity contribution < 1.29 is 23.5 Å². The number of aliphatic imine (C=N–C) groups is 1. The minimum absolute atomic E-state index is 0.186. The summed E-state index contributed by atoms with van der Waals surface area (Å²) in [6.45, 7) is 2.24. The molecule has 6 nitrogen and oxygen atoms in total. The van der Waals surface area contributed by atoms with Crippen LogP contribution in [0.2, 0.25) is 0 Å². The molecule has 0 aromatic heterocycles. The molecule has 0 spiro atoms. The van der Waals surface area contributed by atoms with E-state index in [0.717, 1.165) is 4.47 Å². The van der Waals surface area contributed by atoms with E-state index < -0.39 is 5.97 Å². The Morgan fingerprint density at radius 1 is 1.14 bits per heavy atom. The van der Waals surface area contributed by atoms with E-state index >= 15 is 0 Å². The van der Waals surface area contributed by atoms with E-state index in [1.165, 1.54) is 28.8 Å². The lowest BCUT2D eigenvalue weighted by molar-refractivity contribution is -0.121. The van der Waals surface area contributed by atoms with Gasteiger partial charge in [-0.3, -0.25) is 9.69 Å². The third kappa shape index (κ3) is 6.22. The van der Waals surface area contributed by atoms with Crippen molar-refractivity contribution in [2.75, 3.05) is 13.7 Å². The largest absolute Gasteiger partial charge is 0.488 e. The number of carbonyl (C=O) groups excluding carboxylic acids is 2. The van der Waals surface area contributed by atoms with Gasteiger partial charge in [-0.15, -0.1) is 0 Å². The molecule has 1 heterocycles. The Morgan fingerprint density at radius 3 is 2.64 bits per heavy atom. The first-order chi connectivity index (χ1) is 17.3. The summed E-state index contributed by atoms with van der Waals surface area (Å²) in [5.74, 6) is -0.356. The minimum atomic E-state index is -0.395. The first-order valence-corrected chi connectivity index (χ1v) is 12.6. The molecule has 1 aliphatic rings. The van der Waals surface area contributed by atoms with Gasteiger partial charge in [0.2, 0.25) is 0 Å². The second-order valence-electron chi connectivity index (χ2n) is 7.74. The minimum Gasteiger partial charge on any atom is -0.488 e. The van der Waals surface area contributed by atoms with E-state index in [0.29, 0.717) is 44.8 Å². The van der Waals surface area contributed by atoms with Crippen LogP contribution in [0.3, 0.4) is 0 Å². The molecular weight excluding hydrogens is 547 g/mol. The lowest BCUT2D eigenvalue weighted by Crippen LogP contribution is -2.23. The molecule has 0 atom stereocenters. The van der Waals surface area contributed by atoms with Crippen LogP contribution in [0.5, 0.6) is 5.75 Å². The van der Waals surface area contributed by atoms with Gasteiger partial charge in [-0.05, 0) is 84.9 Å². The first kappa shape index (κ1) is 25.7. The smallest absolute Gasteiger partial charge is 0.338 e. The molecule has 9 heteroatoms. The van der Waals surface area contributed by atoms with Gasteiger partial charge in [-0.2, -0.15) is 0 Å². The number of thioether (sulfide) groups is 1. The molecule has 0 bridgehead atoms. The maximum Gasteiger partial charge on any atom is 0.338 e. The lowest BCUT2D eigenvalue weighted by atomic mass is 10.1. The Morgan fingerprint density at radius 2 is 1.92 bits per heavy atom. The predicted octanol–water partition coefficient (Wildman–Crippen LogP) is 6.58. The predicted molar refractivity (Wildman–Crippen MR) is 143 cm³/mol. The number of amidine groups is 1. The molecule has 1 amide bonds. The summed E-state index contributed by atoms with van der Waals surface area (Å²) in [6.07, 6.45) is 1.75. The van der Waals surface area contributed by atoms with Gasteiger partial charge >= 0.3 is 5.97 Å². The zero-order chi connectivity index (χ0) is 25.7. The number of benzene rings is 3. The molecule has 3 aromatic rings. The molecular formula is C27H22BrFN2O4S. The van der Waals surface area contributed by atoms with Crippen molar-refractivity contribution in [3.63, 3.8) is 0 Å². The van der Waals surface area contributed by atoms with Crippen LogP contribution in [-0.4, -0.2) is 35.6 Å². The molecule has 1 saturated heterocycles. The van der Waals surface area contributed by atoms with Gasteiger partial charge in [0.25, 0.3) is 5.91 Å². The average molecular weight is 569 g/mol. The summed E-state index contributed by atoms with van der Waals surface area (Å²) >= 11 is 4.71. The number of hydrogen-bond donors (Lipinski definition) is 0. The van der Waals surface area contributed by atoms with Crippen molar-refractivity contribution >= 4 is 56.5 Å². The molecule has 0 N–H and O–H groups in total. The summed E-state index contributed by atoms with van der Waals surface area (Å²) in [6, 6.07) is 18.4. The topological polar surface area (TPSA) is 68.2 Å². The molecule has 184 valence electrons. The molecule has 3 aromatic carbocycles. The zero-order valence-corrected chi connectivity index (χ0v) is 21.9. The standard InChI is InChI=1S/C27H22BrFN2O4S/c1-3-34-26(33)18-7-10-22(11-8-18)30-27-31(2)25(32)24(36-27)15-19-14-20(28)9-12-23(19)35-16-17-5-4-6-21(29)13-17/h4-15H,3,16H2,1-2H3. The van der Waals surface area contributed by atoms with E-state index in [-0.39, 0.29) is 18.3 Å². The molecule has 36 heavy (non-hydrogen) atoms. The molecule has 4 rings (SSSR count). The monoisotopic (exact) mass is 568 g/mol. The Labute approximate surface area is 220 Å². The van der Waals surface area contributed by atoms with Gasteiger partial charge in [0, 0.05) is 17.1 Å². The summed E-state index contributed by atoms with van der Waals surface area (Å²) < 4.78 is 25.3. The van der Waals surface area contributed by atoms with Gasteiger partial charge in [0.05, 0.1) is 22.8 Å². The van der Waals surface area contributed by atoms with Crippen molar-refractivity contribution in [3.05, 3.63) is 98.6 Å². The van der Waals surface area contributed by atoms with Gasteiger partial charge in [-0.1, -0.05) is 28.1 Å². The average Bonchev–Trinajstić information content (AvgIpc) is 3.12.